The van der Waals surface area contributed by atoms with Crippen molar-refractivity contribution < 1.29 is 0 Å². The minimum atomic E-state index is 0.833. The van der Waals surface area contributed by atoms with E-state index in [1.165, 1.54) is 0 Å². The lowest BCUT2D eigenvalue weighted by atomic mass is 10.4. The molecular formula is C8H6N4S2. The molecule has 0 aliphatic rings. The van der Waals surface area contributed by atoms with E-state index >= 15 is 0 Å². The van der Waals surface area contributed by atoms with Gasteiger partial charge in [0.1, 0.15) is 5.01 Å². The Labute approximate surface area is 87.8 Å². The lowest BCUT2D eigenvalue weighted by Gasteiger charge is -1.88. The second-order valence-corrected chi connectivity index (χ2v) is 4.92. The Bertz CT molecular complexity index is 563. The number of aromatic nitrogens is 4. The van der Waals surface area contributed by atoms with Gasteiger partial charge >= 0.3 is 0 Å². The Hall–Kier alpha value is -1.27. The van der Waals surface area contributed by atoms with E-state index in [-0.39, 0.29) is 0 Å². The van der Waals surface area contributed by atoms with Gasteiger partial charge in [0, 0.05) is 0 Å². The van der Waals surface area contributed by atoms with E-state index < -0.39 is 0 Å². The average molecular weight is 222 g/mol. The topological polar surface area (TPSA) is 43.1 Å². The quantitative estimate of drug-likeness (QED) is 0.634. The zero-order valence-electron chi connectivity index (χ0n) is 7.34. The van der Waals surface area contributed by atoms with E-state index in [0.717, 1.165) is 20.7 Å². The van der Waals surface area contributed by atoms with Crippen molar-refractivity contribution in [3.05, 3.63) is 22.5 Å². The van der Waals surface area contributed by atoms with Gasteiger partial charge in [0.15, 0.2) is 5.82 Å². The molecule has 3 rings (SSSR count). The molecule has 70 valence electrons. The molecule has 3 aromatic rings. The van der Waals surface area contributed by atoms with Crippen LogP contribution in [0.2, 0.25) is 0 Å². The summed E-state index contributed by atoms with van der Waals surface area (Å²) in [5, 5.41) is 15.6. The van der Waals surface area contributed by atoms with Gasteiger partial charge in [-0.15, -0.1) is 21.5 Å². The Kier molecular flexibility index (Phi) is 1.65. The highest BCUT2D eigenvalue weighted by molar-refractivity contribution is 7.16. The van der Waals surface area contributed by atoms with E-state index in [2.05, 4.69) is 15.3 Å². The molecule has 0 N–H and O–H groups in total. The smallest absolute Gasteiger partial charge is 0.182 e. The molecule has 3 aromatic heterocycles. The number of nitrogens with zero attached hydrogens (tertiary/aromatic N) is 4. The molecule has 0 bridgehead atoms. The van der Waals surface area contributed by atoms with Crippen molar-refractivity contribution in [1.29, 1.82) is 0 Å². The van der Waals surface area contributed by atoms with Crippen LogP contribution in [-0.2, 0) is 0 Å². The molecule has 0 radical (unpaired) electrons. The molecule has 0 aliphatic heterocycles. The SMILES string of the molecule is Cc1nn2c(-c3cccs3)nnc2s1. The third-order valence-corrected chi connectivity index (χ3v) is 3.51. The zero-order valence-corrected chi connectivity index (χ0v) is 8.97. The third kappa shape index (κ3) is 1.08. The van der Waals surface area contributed by atoms with Crippen molar-refractivity contribution in [2.45, 2.75) is 6.92 Å². The lowest BCUT2D eigenvalue weighted by Crippen LogP contribution is -1.87. The molecule has 0 amide bonds. The highest BCUT2D eigenvalue weighted by Gasteiger charge is 2.11. The van der Waals surface area contributed by atoms with Crippen molar-refractivity contribution >= 4 is 27.6 Å². The molecule has 0 atom stereocenters. The molecular weight excluding hydrogens is 216 g/mol. The van der Waals surface area contributed by atoms with Crippen LogP contribution in [0, 0.1) is 6.92 Å². The first-order valence-corrected chi connectivity index (χ1v) is 5.77. The van der Waals surface area contributed by atoms with E-state index in [9.17, 15) is 0 Å². The number of aryl methyl sites for hydroxylation is 1. The van der Waals surface area contributed by atoms with Crippen LogP contribution in [0.25, 0.3) is 15.7 Å². The van der Waals surface area contributed by atoms with Crippen LogP contribution >= 0.6 is 22.7 Å². The van der Waals surface area contributed by atoms with Crippen molar-refractivity contribution in [1.82, 2.24) is 19.8 Å². The van der Waals surface area contributed by atoms with E-state index in [1.54, 1.807) is 27.2 Å². The normalized spacial score (nSPS) is 11.2. The summed E-state index contributed by atoms with van der Waals surface area (Å²) < 4.78 is 1.80. The Morgan fingerprint density at radius 2 is 2.29 bits per heavy atom. The molecule has 4 nitrogen and oxygen atoms in total. The van der Waals surface area contributed by atoms with Crippen molar-refractivity contribution in [3.63, 3.8) is 0 Å². The average Bonchev–Trinajstić information content (AvgIpc) is 2.77. The summed E-state index contributed by atoms with van der Waals surface area (Å²) in [5.74, 6) is 0.833. The summed E-state index contributed by atoms with van der Waals surface area (Å²) in [7, 11) is 0. The summed E-state index contributed by atoms with van der Waals surface area (Å²) in [4.78, 5) is 1.95. The summed E-state index contributed by atoms with van der Waals surface area (Å²) in [6, 6.07) is 4.02. The molecule has 6 heteroatoms. The van der Waals surface area contributed by atoms with Gasteiger partial charge in [-0.2, -0.15) is 9.61 Å². The zero-order chi connectivity index (χ0) is 9.54. The van der Waals surface area contributed by atoms with Crippen LogP contribution in [0.3, 0.4) is 0 Å². The predicted octanol–water partition coefficient (Wildman–Crippen LogP) is 2.22. The number of hydrogen-bond acceptors (Lipinski definition) is 5. The van der Waals surface area contributed by atoms with Gasteiger partial charge in [-0.3, -0.25) is 0 Å². The number of hydrogen-bond donors (Lipinski definition) is 0. The van der Waals surface area contributed by atoms with Crippen LogP contribution in [0.15, 0.2) is 17.5 Å². The van der Waals surface area contributed by atoms with Crippen molar-refractivity contribution in [2.75, 3.05) is 0 Å². The number of fused-ring (bicyclic) bond motifs is 1. The Morgan fingerprint density at radius 1 is 1.36 bits per heavy atom. The van der Waals surface area contributed by atoms with Crippen LogP contribution in [0.4, 0.5) is 0 Å². The van der Waals surface area contributed by atoms with Gasteiger partial charge < -0.3 is 0 Å². The lowest BCUT2D eigenvalue weighted by molar-refractivity contribution is 0.943. The standard InChI is InChI=1S/C8H6N4S2/c1-5-11-12-7(6-3-2-4-13-6)9-10-8(12)14-5/h2-4H,1H3. The van der Waals surface area contributed by atoms with Crippen molar-refractivity contribution in [2.24, 2.45) is 0 Å². The third-order valence-electron chi connectivity index (χ3n) is 1.83. The molecule has 0 fully saturated rings. The molecule has 0 saturated heterocycles. The Morgan fingerprint density at radius 3 is 3.07 bits per heavy atom. The maximum Gasteiger partial charge on any atom is 0.234 e. The first kappa shape index (κ1) is 8.07. The van der Waals surface area contributed by atoms with E-state index in [0.29, 0.717) is 0 Å². The summed E-state index contributed by atoms with van der Waals surface area (Å²) >= 11 is 3.20. The maximum absolute atomic E-state index is 4.35. The highest BCUT2D eigenvalue weighted by atomic mass is 32.1. The summed E-state index contributed by atoms with van der Waals surface area (Å²) in [5.41, 5.74) is 0. The fourth-order valence-electron chi connectivity index (χ4n) is 1.27. The monoisotopic (exact) mass is 222 g/mol. The fourth-order valence-corrected chi connectivity index (χ4v) is 2.65. The summed E-state index contributed by atoms with van der Waals surface area (Å²) in [6.07, 6.45) is 0. The van der Waals surface area contributed by atoms with Gasteiger partial charge in [0.25, 0.3) is 0 Å². The van der Waals surface area contributed by atoms with Crippen LogP contribution < -0.4 is 0 Å². The first-order valence-electron chi connectivity index (χ1n) is 4.07. The largest absolute Gasteiger partial charge is 0.234 e. The first-order chi connectivity index (χ1) is 6.84. The molecule has 3 heterocycles. The Balaban J connectivity index is 2.31. The predicted molar refractivity (Wildman–Crippen MR) is 56.7 cm³/mol. The van der Waals surface area contributed by atoms with Crippen LogP contribution in [0.1, 0.15) is 5.01 Å². The minimum Gasteiger partial charge on any atom is -0.182 e. The highest BCUT2D eigenvalue weighted by Crippen LogP contribution is 2.24. The maximum atomic E-state index is 4.35. The molecule has 0 saturated carbocycles. The van der Waals surface area contributed by atoms with Gasteiger partial charge in [-0.05, 0) is 18.4 Å². The van der Waals surface area contributed by atoms with Gasteiger partial charge in [-0.1, -0.05) is 17.4 Å². The van der Waals surface area contributed by atoms with E-state index in [1.807, 2.05) is 24.4 Å². The molecule has 0 aliphatic carbocycles. The van der Waals surface area contributed by atoms with Gasteiger partial charge in [0.05, 0.1) is 4.88 Å². The molecule has 14 heavy (non-hydrogen) atoms. The van der Waals surface area contributed by atoms with Crippen LogP contribution in [-0.4, -0.2) is 19.8 Å². The second kappa shape index (κ2) is 2.86. The molecule has 0 spiro atoms. The fraction of sp³-hybridized carbons (Fsp3) is 0.125. The molecule has 0 unspecified atom stereocenters. The number of rotatable bonds is 1. The summed E-state index contributed by atoms with van der Waals surface area (Å²) in [6.45, 7) is 1.97. The van der Waals surface area contributed by atoms with Crippen molar-refractivity contribution in [3.8, 4) is 10.7 Å². The van der Waals surface area contributed by atoms with Gasteiger partial charge in [0.2, 0.25) is 4.96 Å². The van der Waals surface area contributed by atoms with Gasteiger partial charge in [-0.25, -0.2) is 0 Å². The number of thiophene rings is 1. The second-order valence-electron chi connectivity index (χ2n) is 2.82. The van der Waals surface area contributed by atoms with E-state index in [4.69, 9.17) is 0 Å². The molecule has 0 aromatic carbocycles. The minimum absolute atomic E-state index is 0.833. The van der Waals surface area contributed by atoms with Crippen LogP contribution in [0.5, 0.6) is 0 Å².